The van der Waals surface area contributed by atoms with Crippen LogP contribution in [-0.4, -0.2) is 32.0 Å². The number of hydrogen-bond donors (Lipinski definition) is 2. The standard InChI is InChI=1S/C24H21ClF3NO5S2/c1-14(17-5-3-4-6-20(17)34-24(26,27)28)35-21-10-8-16(13-18(21)25)29-23(31)12-15-7-9-19(30)22(11-15)36(2,32)33/h3-11,13-14,30H,12H2,1-2H3,(H,29,31). The third-order valence-electron chi connectivity index (χ3n) is 4.89. The summed E-state index contributed by atoms with van der Waals surface area (Å²) in [7, 11) is -3.67. The van der Waals surface area contributed by atoms with E-state index < -0.39 is 33.1 Å². The summed E-state index contributed by atoms with van der Waals surface area (Å²) in [6, 6.07) is 14.5. The number of para-hydroxylation sites is 1. The second-order valence-electron chi connectivity index (χ2n) is 7.79. The topological polar surface area (TPSA) is 92.7 Å². The van der Waals surface area contributed by atoms with E-state index in [1.54, 1.807) is 31.2 Å². The number of benzene rings is 3. The van der Waals surface area contributed by atoms with Crippen molar-refractivity contribution < 1.29 is 36.2 Å². The second kappa shape index (κ2) is 11.0. The van der Waals surface area contributed by atoms with E-state index in [-0.39, 0.29) is 22.1 Å². The van der Waals surface area contributed by atoms with Crippen molar-refractivity contribution in [3.05, 3.63) is 76.8 Å². The zero-order valence-corrected chi connectivity index (χ0v) is 21.4. The van der Waals surface area contributed by atoms with Gasteiger partial charge in [-0.15, -0.1) is 24.9 Å². The molecule has 1 unspecified atom stereocenters. The Balaban J connectivity index is 1.69. The number of rotatable bonds is 8. The van der Waals surface area contributed by atoms with Crippen molar-refractivity contribution in [2.45, 2.75) is 34.7 Å². The summed E-state index contributed by atoms with van der Waals surface area (Å²) in [5.74, 6) is -1.13. The number of thioether (sulfide) groups is 1. The molecule has 0 spiro atoms. The normalized spacial score (nSPS) is 12.7. The maximum absolute atomic E-state index is 12.7. The molecule has 192 valence electrons. The summed E-state index contributed by atoms with van der Waals surface area (Å²) in [5.41, 5.74) is 1.11. The van der Waals surface area contributed by atoms with Gasteiger partial charge in [0, 0.05) is 27.7 Å². The van der Waals surface area contributed by atoms with Gasteiger partial charge in [0.15, 0.2) is 9.84 Å². The fraction of sp³-hybridized carbons (Fsp3) is 0.208. The molecule has 0 aliphatic rings. The molecule has 36 heavy (non-hydrogen) atoms. The summed E-state index contributed by atoms with van der Waals surface area (Å²) < 4.78 is 65.8. The molecule has 0 fully saturated rings. The predicted molar refractivity (Wildman–Crippen MR) is 132 cm³/mol. The molecule has 0 aromatic heterocycles. The van der Waals surface area contributed by atoms with Crippen molar-refractivity contribution >= 4 is 44.8 Å². The molecular formula is C24H21ClF3NO5S2. The summed E-state index contributed by atoms with van der Waals surface area (Å²) in [6.07, 6.45) is -4.01. The minimum atomic E-state index is -4.81. The number of amides is 1. The van der Waals surface area contributed by atoms with Crippen molar-refractivity contribution in [1.82, 2.24) is 0 Å². The highest BCUT2D eigenvalue weighted by molar-refractivity contribution is 7.99. The SMILES string of the molecule is CC(Sc1ccc(NC(=O)Cc2ccc(O)c(S(C)(=O)=O)c2)cc1Cl)c1ccccc1OC(F)(F)F. The molecule has 0 saturated heterocycles. The number of nitrogens with one attached hydrogen (secondary N) is 1. The summed E-state index contributed by atoms with van der Waals surface area (Å²) in [4.78, 5) is 12.8. The molecule has 1 amide bonds. The number of carbonyl (C=O) groups excluding carboxylic acids is 1. The number of alkyl halides is 3. The van der Waals surface area contributed by atoms with Crippen LogP contribution in [0.4, 0.5) is 18.9 Å². The molecule has 3 aromatic carbocycles. The van der Waals surface area contributed by atoms with Crippen molar-refractivity contribution in [3.8, 4) is 11.5 Å². The van der Waals surface area contributed by atoms with E-state index in [0.29, 0.717) is 21.7 Å². The average molecular weight is 560 g/mol. The van der Waals surface area contributed by atoms with Crippen LogP contribution >= 0.6 is 23.4 Å². The predicted octanol–water partition coefficient (Wildman–Crippen LogP) is 6.38. The highest BCUT2D eigenvalue weighted by atomic mass is 35.5. The Hall–Kier alpha value is -2.89. The Labute approximate surface area is 215 Å². The van der Waals surface area contributed by atoms with Gasteiger partial charge in [-0.3, -0.25) is 4.79 Å². The maximum atomic E-state index is 12.7. The zero-order chi connectivity index (χ0) is 26.7. The number of hydrogen-bond acceptors (Lipinski definition) is 6. The van der Waals surface area contributed by atoms with Crippen molar-refractivity contribution in [2.24, 2.45) is 0 Å². The van der Waals surface area contributed by atoms with Crippen LogP contribution in [-0.2, 0) is 21.1 Å². The lowest BCUT2D eigenvalue weighted by atomic mass is 10.1. The summed E-state index contributed by atoms with van der Waals surface area (Å²) >= 11 is 7.59. The Morgan fingerprint density at radius 1 is 1.14 bits per heavy atom. The molecule has 12 heteroatoms. The molecule has 3 rings (SSSR count). The molecule has 0 radical (unpaired) electrons. The Morgan fingerprint density at radius 3 is 2.47 bits per heavy atom. The lowest BCUT2D eigenvalue weighted by molar-refractivity contribution is -0.274. The van der Waals surface area contributed by atoms with Crippen LogP contribution in [0.2, 0.25) is 5.02 Å². The van der Waals surface area contributed by atoms with Gasteiger partial charge in [0.2, 0.25) is 5.91 Å². The van der Waals surface area contributed by atoms with Crippen LogP contribution in [0.15, 0.2) is 70.5 Å². The van der Waals surface area contributed by atoms with Gasteiger partial charge >= 0.3 is 6.36 Å². The molecule has 2 N–H and O–H groups in total. The van der Waals surface area contributed by atoms with Gasteiger partial charge in [-0.2, -0.15) is 0 Å². The third-order valence-corrected chi connectivity index (χ3v) is 7.66. The molecule has 6 nitrogen and oxygen atoms in total. The Morgan fingerprint density at radius 2 is 1.83 bits per heavy atom. The molecular weight excluding hydrogens is 539 g/mol. The van der Waals surface area contributed by atoms with Crippen LogP contribution in [0.5, 0.6) is 11.5 Å². The molecule has 3 aromatic rings. The van der Waals surface area contributed by atoms with E-state index in [4.69, 9.17) is 11.6 Å². The average Bonchev–Trinajstić information content (AvgIpc) is 2.75. The van der Waals surface area contributed by atoms with Crippen LogP contribution in [0.3, 0.4) is 0 Å². The lowest BCUT2D eigenvalue weighted by Gasteiger charge is -2.18. The van der Waals surface area contributed by atoms with Gasteiger partial charge in [0.1, 0.15) is 16.4 Å². The molecule has 1 atom stereocenters. The number of sulfone groups is 1. The van der Waals surface area contributed by atoms with E-state index >= 15 is 0 Å². The van der Waals surface area contributed by atoms with Crippen LogP contribution in [0.1, 0.15) is 23.3 Å². The van der Waals surface area contributed by atoms with E-state index in [0.717, 1.165) is 6.26 Å². The van der Waals surface area contributed by atoms with Crippen molar-refractivity contribution in [3.63, 3.8) is 0 Å². The van der Waals surface area contributed by atoms with Gasteiger partial charge in [0.05, 0.1) is 11.4 Å². The van der Waals surface area contributed by atoms with E-state index in [1.165, 1.54) is 48.2 Å². The van der Waals surface area contributed by atoms with Gasteiger partial charge in [-0.25, -0.2) is 8.42 Å². The van der Waals surface area contributed by atoms with Crippen molar-refractivity contribution in [1.29, 1.82) is 0 Å². The summed E-state index contributed by atoms with van der Waals surface area (Å²) in [5, 5.41) is 12.3. The summed E-state index contributed by atoms with van der Waals surface area (Å²) in [6.45, 7) is 1.72. The quantitative estimate of drug-likeness (QED) is 0.311. The first-order valence-electron chi connectivity index (χ1n) is 10.4. The Kier molecular flexibility index (Phi) is 8.48. The number of anilines is 1. The monoisotopic (exact) mass is 559 g/mol. The first-order valence-corrected chi connectivity index (χ1v) is 13.5. The lowest BCUT2D eigenvalue weighted by Crippen LogP contribution is -2.18. The minimum Gasteiger partial charge on any atom is -0.507 e. The molecule has 0 aliphatic carbocycles. The fourth-order valence-electron chi connectivity index (χ4n) is 3.32. The second-order valence-corrected chi connectivity index (χ2v) is 11.6. The number of phenolic OH excluding ortho intramolecular Hbond substituents is 1. The number of carbonyl (C=O) groups is 1. The molecule has 0 aliphatic heterocycles. The van der Waals surface area contributed by atoms with Gasteiger partial charge in [-0.05, 0) is 48.9 Å². The Bertz CT molecular complexity index is 1380. The first-order chi connectivity index (χ1) is 16.7. The van der Waals surface area contributed by atoms with E-state index in [1.807, 2.05) is 0 Å². The van der Waals surface area contributed by atoms with E-state index in [9.17, 15) is 31.5 Å². The third kappa shape index (κ3) is 7.55. The van der Waals surface area contributed by atoms with Gasteiger partial charge in [0.25, 0.3) is 0 Å². The molecule has 0 saturated carbocycles. The first kappa shape index (κ1) is 27.7. The molecule has 0 bridgehead atoms. The van der Waals surface area contributed by atoms with Crippen LogP contribution < -0.4 is 10.1 Å². The van der Waals surface area contributed by atoms with Gasteiger partial charge in [-0.1, -0.05) is 35.9 Å². The highest BCUT2D eigenvalue weighted by Gasteiger charge is 2.32. The smallest absolute Gasteiger partial charge is 0.507 e. The number of aromatic hydroxyl groups is 1. The number of halogens is 4. The highest BCUT2D eigenvalue weighted by Crippen LogP contribution is 2.43. The fourth-order valence-corrected chi connectivity index (χ4v) is 5.47. The van der Waals surface area contributed by atoms with Gasteiger partial charge < -0.3 is 15.2 Å². The van der Waals surface area contributed by atoms with Crippen molar-refractivity contribution in [2.75, 3.05) is 11.6 Å². The van der Waals surface area contributed by atoms with Crippen LogP contribution in [0.25, 0.3) is 0 Å². The molecule has 0 heterocycles. The van der Waals surface area contributed by atoms with Crippen LogP contribution in [0, 0.1) is 0 Å². The minimum absolute atomic E-state index is 0.149. The largest absolute Gasteiger partial charge is 0.573 e. The zero-order valence-electron chi connectivity index (χ0n) is 19.0. The maximum Gasteiger partial charge on any atom is 0.573 e. The number of phenols is 1. The van der Waals surface area contributed by atoms with E-state index in [2.05, 4.69) is 10.1 Å². The number of ether oxygens (including phenoxy) is 1.